The molecule has 2 N–H and O–H groups in total. The number of carbonyl (C=O) groups excluding carboxylic acids is 2. The Labute approximate surface area is 156 Å². The molecule has 1 aromatic carbocycles. The smallest absolute Gasteiger partial charge is 0.251 e. The summed E-state index contributed by atoms with van der Waals surface area (Å²) in [5, 5.41) is 5.76. The van der Waals surface area contributed by atoms with E-state index in [4.69, 9.17) is 0 Å². The second-order valence-corrected chi connectivity index (χ2v) is 6.52. The molecule has 7 nitrogen and oxygen atoms in total. The molecule has 1 aliphatic carbocycles. The van der Waals surface area contributed by atoms with Crippen LogP contribution < -0.4 is 10.6 Å². The van der Waals surface area contributed by atoms with Gasteiger partial charge in [0, 0.05) is 42.3 Å². The van der Waals surface area contributed by atoms with Gasteiger partial charge in [-0.25, -0.2) is 9.97 Å². The highest BCUT2D eigenvalue weighted by Crippen LogP contribution is 2.30. The quantitative estimate of drug-likeness (QED) is 0.706. The predicted octanol–water partition coefficient (Wildman–Crippen LogP) is 2.55. The summed E-state index contributed by atoms with van der Waals surface area (Å²) in [6.07, 6.45) is 8.80. The van der Waals surface area contributed by atoms with Crippen molar-refractivity contribution in [1.29, 1.82) is 0 Å². The van der Waals surface area contributed by atoms with Crippen LogP contribution in [-0.2, 0) is 11.3 Å². The van der Waals surface area contributed by atoms with Gasteiger partial charge in [-0.3, -0.25) is 14.2 Å². The van der Waals surface area contributed by atoms with E-state index >= 15 is 0 Å². The molecule has 2 aromatic heterocycles. The van der Waals surface area contributed by atoms with Crippen molar-refractivity contribution in [2.75, 3.05) is 5.32 Å². The zero-order chi connectivity index (χ0) is 18.6. The second kappa shape index (κ2) is 7.41. The fourth-order valence-corrected chi connectivity index (χ4v) is 2.69. The number of nitrogens with one attached hydrogen (secondary N) is 2. The van der Waals surface area contributed by atoms with E-state index < -0.39 is 0 Å². The number of anilines is 1. The summed E-state index contributed by atoms with van der Waals surface area (Å²) in [5.74, 6) is 0.783. The molecule has 0 spiro atoms. The summed E-state index contributed by atoms with van der Waals surface area (Å²) in [6.45, 7) is 0.392. The molecule has 136 valence electrons. The van der Waals surface area contributed by atoms with E-state index in [-0.39, 0.29) is 17.7 Å². The third kappa shape index (κ3) is 4.20. The normalized spacial score (nSPS) is 13.2. The molecule has 2 amide bonds. The third-order valence-corrected chi connectivity index (χ3v) is 4.39. The highest BCUT2D eigenvalue weighted by atomic mass is 16.2. The van der Waals surface area contributed by atoms with Crippen molar-refractivity contribution in [2.45, 2.75) is 19.4 Å². The van der Waals surface area contributed by atoms with Gasteiger partial charge in [0.15, 0.2) is 0 Å². The van der Waals surface area contributed by atoms with Gasteiger partial charge in [-0.1, -0.05) is 0 Å². The summed E-state index contributed by atoms with van der Waals surface area (Å²) < 4.78 is 1.81. The molecule has 4 rings (SSSR count). The second-order valence-electron chi connectivity index (χ2n) is 6.52. The molecule has 1 aliphatic rings. The topological polar surface area (TPSA) is 88.9 Å². The van der Waals surface area contributed by atoms with E-state index in [0.717, 1.165) is 24.2 Å². The van der Waals surface area contributed by atoms with Crippen molar-refractivity contribution < 1.29 is 9.59 Å². The fourth-order valence-electron chi connectivity index (χ4n) is 2.69. The Morgan fingerprint density at radius 3 is 2.63 bits per heavy atom. The summed E-state index contributed by atoms with van der Waals surface area (Å²) in [5.41, 5.74) is 2.20. The molecule has 0 radical (unpaired) electrons. The van der Waals surface area contributed by atoms with Crippen LogP contribution in [0.1, 0.15) is 28.8 Å². The van der Waals surface area contributed by atoms with Crippen molar-refractivity contribution >= 4 is 17.5 Å². The first-order valence-electron chi connectivity index (χ1n) is 8.81. The molecule has 7 heteroatoms. The van der Waals surface area contributed by atoms with Crippen LogP contribution in [0, 0.1) is 5.92 Å². The van der Waals surface area contributed by atoms with Crippen LogP contribution in [0.15, 0.2) is 61.3 Å². The summed E-state index contributed by atoms with van der Waals surface area (Å²) >= 11 is 0. The molecule has 0 saturated heterocycles. The van der Waals surface area contributed by atoms with E-state index in [1.165, 1.54) is 0 Å². The Balaban J connectivity index is 1.35. The number of aromatic nitrogens is 3. The minimum absolute atomic E-state index is 0.0542. The van der Waals surface area contributed by atoms with E-state index in [1.807, 2.05) is 18.3 Å². The third-order valence-electron chi connectivity index (χ3n) is 4.39. The van der Waals surface area contributed by atoms with Crippen molar-refractivity contribution in [1.82, 2.24) is 19.9 Å². The first-order chi connectivity index (χ1) is 13.2. The molecule has 0 aliphatic heterocycles. The summed E-state index contributed by atoms with van der Waals surface area (Å²) in [6, 6.07) is 10.7. The summed E-state index contributed by atoms with van der Waals surface area (Å²) in [7, 11) is 0. The highest BCUT2D eigenvalue weighted by molar-refractivity contribution is 5.96. The number of benzene rings is 1. The van der Waals surface area contributed by atoms with Crippen molar-refractivity contribution in [3.05, 3.63) is 72.4 Å². The van der Waals surface area contributed by atoms with Gasteiger partial charge in [-0.15, -0.1) is 0 Å². The number of hydrogen-bond donors (Lipinski definition) is 2. The van der Waals surface area contributed by atoms with Crippen molar-refractivity contribution in [3.8, 4) is 5.82 Å². The molecule has 1 saturated carbocycles. The first-order valence-corrected chi connectivity index (χ1v) is 8.81. The standard InChI is InChI=1S/C20H19N5O2/c26-19(15-3-5-17(6-4-15)24-20(27)16-1-2-16)23-12-14-7-8-22-18(11-14)25-10-9-21-13-25/h3-11,13,16H,1-2,12H2,(H,23,26)(H,24,27). The largest absolute Gasteiger partial charge is 0.348 e. The zero-order valence-corrected chi connectivity index (χ0v) is 14.6. The molecule has 0 unspecified atom stereocenters. The molecule has 27 heavy (non-hydrogen) atoms. The number of pyridine rings is 1. The number of rotatable bonds is 6. The van der Waals surface area contributed by atoms with Crippen LogP contribution in [0.25, 0.3) is 5.82 Å². The molecular formula is C20H19N5O2. The van der Waals surface area contributed by atoms with Crippen LogP contribution in [-0.4, -0.2) is 26.3 Å². The van der Waals surface area contributed by atoms with Gasteiger partial charge in [0.05, 0.1) is 0 Å². The molecule has 3 aromatic rings. The van der Waals surface area contributed by atoms with E-state index in [0.29, 0.717) is 17.8 Å². The lowest BCUT2D eigenvalue weighted by Gasteiger charge is -2.08. The van der Waals surface area contributed by atoms with Gasteiger partial charge >= 0.3 is 0 Å². The van der Waals surface area contributed by atoms with E-state index in [2.05, 4.69) is 20.6 Å². The molecular weight excluding hydrogens is 342 g/mol. The van der Waals surface area contributed by atoms with Gasteiger partial charge in [0.25, 0.3) is 5.91 Å². The lowest BCUT2D eigenvalue weighted by molar-refractivity contribution is -0.117. The molecule has 1 fully saturated rings. The SMILES string of the molecule is O=C(NCc1ccnc(-n2ccnc2)c1)c1ccc(NC(=O)C2CC2)cc1. The van der Waals surface area contributed by atoms with Gasteiger partial charge < -0.3 is 10.6 Å². The van der Waals surface area contributed by atoms with Crippen molar-refractivity contribution in [3.63, 3.8) is 0 Å². The van der Waals surface area contributed by atoms with Crippen LogP contribution in [0.3, 0.4) is 0 Å². The van der Waals surface area contributed by atoms with Crippen LogP contribution >= 0.6 is 0 Å². The van der Waals surface area contributed by atoms with Gasteiger partial charge in [0.1, 0.15) is 12.1 Å². The Kier molecular flexibility index (Phi) is 4.65. The predicted molar refractivity (Wildman–Crippen MR) is 100 cm³/mol. The van der Waals surface area contributed by atoms with Crippen LogP contribution in [0.2, 0.25) is 0 Å². The van der Waals surface area contributed by atoms with Gasteiger partial charge in [0.2, 0.25) is 5.91 Å². The number of hydrogen-bond acceptors (Lipinski definition) is 4. The Bertz CT molecular complexity index is 947. The Morgan fingerprint density at radius 2 is 1.93 bits per heavy atom. The lowest BCUT2D eigenvalue weighted by Crippen LogP contribution is -2.23. The molecule has 0 bridgehead atoms. The molecule has 2 heterocycles. The number of carbonyl (C=O) groups is 2. The minimum Gasteiger partial charge on any atom is -0.348 e. The number of amides is 2. The fraction of sp³-hybridized carbons (Fsp3) is 0.200. The van der Waals surface area contributed by atoms with Crippen LogP contribution in [0.5, 0.6) is 0 Å². The van der Waals surface area contributed by atoms with Gasteiger partial charge in [-0.2, -0.15) is 0 Å². The average molecular weight is 361 g/mol. The number of imidazole rings is 1. The zero-order valence-electron chi connectivity index (χ0n) is 14.6. The Hall–Kier alpha value is -3.48. The van der Waals surface area contributed by atoms with E-state index in [1.54, 1.807) is 47.6 Å². The first kappa shape index (κ1) is 17.0. The number of nitrogens with zero attached hydrogens (tertiary/aromatic N) is 3. The average Bonchev–Trinajstić information content (AvgIpc) is 3.41. The maximum absolute atomic E-state index is 12.4. The molecule has 0 atom stereocenters. The minimum atomic E-state index is -0.170. The van der Waals surface area contributed by atoms with E-state index in [9.17, 15) is 9.59 Å². The van der Waals surface area contributed by atoms with Crippen molar-refractivity contribution in [2.24, 2.45) is 5.92 Å². The van der Waals surface area contributed by atoms with Crippen LogP contribution in [0.4, 0.5) is 5.69 Å². The van der Waals surface area contributed by atoms with Gasteiger partial charge in [-0.05, 0) is 54.8 Å². The monoisotopic (exact) mass is 361 g/mol. The Morgan fingerprint density at radius 1 is 1.11 bits per heavy atom. The lowest BCUT2D eigenvalue weighted by atomic mass is 10.2. The maximum Gasteiger partial charge on any atom is 0.251 e. The summed E-state index contributed by atoms with van der Waals surface area (Å²) in [4.78, 5) is 32.4. The highest BCUT2D eigenvalue weighted by Gasteiger charge is 2.29. The maximum atomic E-state index is 12.4.